The number of hydrogen-bond donors (Lipinski definition) is 1. The van der Waals surface area contributed by atoms with Crippen molar-refractivity contribution >= 4 is 10.9 Å². The Labute approximate surface area is 83.1 Å². The third-order valence-corrected chi connectivity index (χ3v) is 2.24. The Morgan fingerprint density at radius 2 is 2.21 bits per heavy atom. The van der Waals surface area contributed by atoms with Crippen LogP contribution in [0.4, 0.5) is 0 Å². The third-order valence-electron chi connectivity index (χ3n) is 2.24. The molecule has 0 amide bonds. The first-order valence-electron chi connectivity index (χ1n) is 4.70. The van der Waals surface area contributed by atoms with E-state index in [-0.39, 0.29) is 0 Å². The van der Waals surface area contributed by atoms with Crippen LogP contribution in [0.25, 0.3) is 10.9 Å². The van der Waals surface area contributed by atoms with Crippen LogP contribution in [0.15, 0.2) is 30.5 Å². The number of fused-ring (bicyclic) bond motifs is 1. The van der Waals surface area contributed by atoms with E-state index in [1.807, 2.05) is 25.4 Å². The van der Waals surface area contributed by atoms with Gasteiger partial charge in [-0.25, -0.2) is 0 Å². The van der Waals surface area contributed by atoms with E-state index in [1.165, 1.54) is 5.39 Å². The standard InChI is InChI=1S/C11H14N2O/c1-13-7-5-9-3-2-4-10(11(9)13)14-8-6-12/h2-5,7H,6,8,12H2,1H3. The molecule has 0 spiro atoms. The zero-order valence-electron chi connectivity index (χ0n) is 8.23. The molecule has 1 aromatic heterocycles. The third kappa shape index (κ3) is 1.46. The SMILES string of the molecule is Cn1ccc2cccc(OCCN)c21. The molecule has 14 heavy (non-hydrogen) atoms. The van der Waals surface area contributed by atoms with Gasteiger partial charge < -0.3 is 15.0 Å². The van der Waals surface area contributed by atoms with Crippen molar-refractivity contribution in [1.29, 1.82) is 0 Å². The van der Waals surface area contributed by atoms with Gasteiger partial charge in [0.1, 0.15) is 12.4 Å². The first-order chi connectivity index (χ1) is 6.83. The van der Waals surface area contributed by atoms with Crippen molar-refractivity contribution in [2.75, 3.05) is 13.2 Å². The average molecular weight is 190 g/mol. The highest BCUT2D eigenvalue weighted by Gasteiger charge is 2.04. The van der Waals surface area contributed by atoms with Gasteiger partial charge in [0.2, 0.25) is 0 Å². The van der Waals surface area contributed by atoms with Gasteiger partial charge in [-0.05, 0) is 12.1 Å². The first kappa shape index (κ1) is 9.09. The summed E-state index contributed by atoms with van der Waals surface area (Å²) >= 11 is 0. The van der Waals surface area contributed by atoms with Crippen molar-refractivity contribution in [3.05, 3.63) is 30.5 Å². The van der Waals surface area contributed by atoms with Gasteiger partial charge in [0.15, 0.2) is 0 Å². The highest BCUT2D eigenvalue weighted by atomic mass is 16.5. The second-order valence-corrected chi connectivity index (χ2v) is 3.26. The fourth-order valence-corrected chi connectivity index (χ4v) is 1.60. The van der Waals surface area contributed by atoms with E-state index in [1.54, 1.807) is 0 Å². The molecule has 0 atom stereocenters. The van der Waals surface area contributed by atoms with Crippen LogP contribution in [0.1, 0.15) is 0 Å². The van der Waals surface area contributed by atoms with Gasteiger partial charge in [0.25, 0.3) is 0 Å². The van der Waals surface area contributed by atoms with E-state index in [0.717, 1.165) is 11.3 Å². The normalized spacial score (nSPS) is 10.7. The Bertz CT molecular complexity index is 434. The lowest BCUT2D eigenvalue weighted by Crippen LogP contribution is -2.11. The summed E-state index contributed by atoms with van der Waals surface area (Å²) in [6.45, 7) is 1.10. The number of para-hydroxylation sites is 1. The van der Waals surface area contributed by atoms with Crippen LogP contribution in [-0.4, -0.2) is 17.7 Å². The molecule has 0 radical (unpaired) electrons. The largest absolute Gasteiger partial charge is 0.490 e. The fraction of sp³-hybridized carbons (Fsp3) is 0.273. The molecule has 3 heteroatoms. The molecule has 0 aliphatic heterocycles. The molecule has 0 saturated heterocycles. The van der Waals surface area contributed by atoms with Gasteiger partial charge in [0.05, 0.1) is 5.52 Å². The Kier molecular flexibility index (Phi) is 2.41. The maximum absolute atomic E-state index is 5.56. The monoisotopic (exact) mass is 190 g/mol. The van der Waals surface area contributed by atoms with Gasteiger partial charge >= 0.3 is 0 Å². The van der Waals surface area contributed by atoms with Crippen molar-refractivity contribution in [3.8, 4) is 5.75 Å². The summed E-state index contributed by atoms with van der Waals surface area (Å²) in [7, 11) is 2.01. The minimum atomic E-state index is 0.542. The molecule has 0 aliphatic carbocycles. The molecular formula is C11H14N2O. The van der Waals surface area contributed by atoms with Crippen molar-refractivity contribution in [1.82, 2.24) is 4.57 Å². The maximum atomic E-state index is 5.56. The second-order valence-electron chi connectivity index (χ2n) is 3.26. The van der Waals surface area contributed by atoms with Gasteiger partial charge in [-0.1, -0.05) is 12.1 Å². The number of aryl methyl sites for hydroxylation is 1. The van der Waals surface area contributed by atoms with Crippen molar-refractivity contribution in [2.24, 2.45) is 12.8 Å². The zero-order valence-corrected chi connectivity index (χ0v) is 8.23. The number of ether oxygens (including phenoxy) is 1. The quantitative estimate of drug-likeness (QED) is 0.797. The summed E-state index contributed by atoms with van der Waals surface area (Å²) in [6.07, 6.45) is 2.03. The minimum Gasteiger partial charge on any atom is -0.490 e. The predicted molar refractivity (Wildman–Crippen MR) is 57.5 cm³/mol. The van der Waals surface area contributed by atoms with Gasteiger partial charge in [-0.15, -0.1) is 0 Å². The van der Waals surface area contributed by atoms with E-state index in [4.69, 9.17) is 10.5 Å². The Hall–Kier alpha value is -1.48. The van der Waals surface area contributed by atoms with E-state index in [0.29, 0.717) is 13.2 Å². The van der Waals surface area contributed by atoms with Crippen LogP contribution in [-0.2, 0) is 7.05 Å². The smallest absolute Gasteiger partial charge is 0.143 e. The molecule has 1 aromatic carbocycles. The second kappa shape index (κ2) is 3.72. The summed E-state index contributed by atoms with van der Waals surface area (Å²) in [4.78, 5) is 0. The number of nitrogens with zero attached hydrogens (tertiary/aromatic N) is 1. The number of aromatic nitrogens is 1. The predicted octanol–water partition coefficient (Wildman–Crippen LogP) is 1.52. The van der Waals surface area contributed by atoms with Crippen molar-refractivity contribution < 1.29 is 4.74 Å². The first-order valence-corrected chi connectivity index (χ1v) is 4.70. The number of hydrogen-bond acceptors (Lipinski definition) is 2. The lowest BCUT2D eigenvalue weighted by atomic mass is 10.2. The molecule has 0 saturated carbocycles. The Morgan fingerprint density at radius 3 is 3.00 bits per heavy atom. The Balaban J connectivity index is 2.46. The summed E-state index contributed by atoms with van der Waals surface area (Å²) in [5.74, 6) is 0.903. The maximum Gasteiger partial charge on any atom is 0.143 e. The van der Waals surface area contributed by atoms with Crippen LogP contribution >= 0.6 is 0 Å². The number of rotatable bonds is 3. The highest BCUT2D eigenvalue weighted by molar-refractivity contribution is 5.85. The van der Waals surface area contributed by atoms with E-state index in [2.05, 4.69) is 16.7 Å². The molecule has 0 aliphatic rings. The summed E-state index contributed by atoms with van der Waals surface area (Å²) in [5, 5.41) is 1.20. The van der Waals surface area contributed by atoms with Crippen LogP contribution in [0.2, 0.25) is 0 Å². The van der Waals surface area contributed by atoms with Crippen LogP contribution in [0, 0.1) is 0 Å². The lowest BCUT2D eigenvalue weighted by Gasteiger charge is -2.07. The zero-order chi connectivity index (χ0) is 9.97. The van der Waals surface area contributed by atoms with Crippen molar-refractivity contribution in [2.45, 2.75) is 0 Å². The number of nitrogens with two attached hydrogens (primary N) is 1. The van der Waals surface area contributed by atoms with E-state index >= 15 is 0 Å². The molecule has 0 fully saturated rings. The van der Waals surface area contributed by atoms with Crippen LogP contribution < -0.4 is 10.5 Å². The van der Waals surface area contributed by atoms with Gasteiger partial charge in [-0.2, -0.15) is 0 Å². The molecule has 0 unspecified atom stereocenters. The van der Waals surface area contributed by atoms with Crippen LogP contribution in [0.3, 0.4) is 0 Å². The molecule has 0 bridgehead atoms. The minimum absolute atomic E-state index is 0.542. The van der Waals surface area contributed by atoms with Crippen molar-refractivity contribution in [3.63, 3.8) is 0 Å². The molecule has 2 rings (SSSR count). The van der Waals surface area contributed by atoms with E-state index in [9.17, 15) is 0 Å². The molecule has 1 heterocycles. The van der Waals surface area contributed by atoms with E-state index < -0.39 is 0 Å². The van der Waals surface area contributed by atoms with Crippen LogP contribution in [0.5, 0.6) is 5.75 Å². The Morgan fingerprint density at radius 1 is 1.36 bits per heavy atom. The molecular weight excluding hydrogens is 176 g/mol. The molecule has 2 aromatic rings. The average Bonchev–Trinajstić information content (AvgIpc) is 2.58. The summed E-state index contributed by atoms with van der Waals surface area (Å²) in [5.41, 5.74) is 6.53. The van der Waals surface area contributed by atoms with Gasteiger partial charge in [0, 0.05) is 25.2 Å². The lowest BCUT2D eigenvalue weighted by molar-refractivity contribution is 0.331. The molecule has 2 N–H and O–H groups in total. The number of benzene rings is 1. The molecule has 74 valence electrons. The molecule has 3 nitrogen and oxygen atoms in total. The fourth-order valence-electron chi connectivity index (χ4n) is 1.60. The highest BCUT2D eigenvalue weighted by Crippen LogP contribution is 2.25. The van der Waals surface area contributed by atoms with Gasteiger partial charge in [-0.3, -0.25) is 0 Å². The topological polar surface area (TPSA) is 40.2 Å². The summed E-state index contributed by atoms with van der Waals surface area (Å²) in [6, 6.07) is 8.11. The summed E-state index contributed by atoms with van der Waals surface area (Å²) < 4.78 is 7.62.